The fourth-order valence-electron chi connectivity index (χ4n) is 1.68. The minimum Gasteiger partial charge on any atom is -0.398 e. The molecule has 0 aliphatic carbocycles. The number of anilines is 1. The number of hydrogen-bond acceptors (Lipinski definition) is 2. The van der Waals surface area contributed by atoms with E-state index in [4.69, 9.17) is 5.73 Å². The zero-order valence-electron chi connectivity index (χ0n) is 10.5. The van der Waals surface area contributed by atoms with Crippen molar-refractivity contribution in [1.82, 2.24) is 4.90 Å². The molecule has 4 heteroatoms. The molecule has 0 fully saturated rings. The largest absolute Gasteiger partial charge is 0.398 e. The smallest absolute Gasteiger partial charge is 0.253 e. The molecular weight excluding hydrogens is 280 g/mol. The molecule has 0 saturated carbocycles. The van der Waals surface area contributed by atoms with Crippen LogP contribution in [0, 0.1) is 0 Å². The van der Waals surface area contributed by atoms with Gasteiger partial charge in [0.05, 0.1) is 0 Å². The van der Waals surface area contributed by atoms with E-state index in [0.29, 0.717) is 11.3 Å². The van der Waals surface area contributed by atoms with Gasteiger partial charge in [-0.05, 0) is 47.5 Å². The molecule has 1 unspecified atom stereocenters. The van der Waals surface area contributed by atoms with E-state index < -0.39 is 0 Å². The molecule has 17 heavy (non-hydrogen) atoms. The van der Waals surface area contributed by atoms with Gasteiger partial charge in [0.15, 0.2) is 0 Å². The fourth-order valence-corrected chi connectivity index (χ4v) is 2.05. The zero-order valence-corrected chi connectivity index (χ0v) is 12.1. The normalized spacial score (nSPS) is 12.2. The van der Waals surface area contributed by atoms with Gasteiger partial charge in [0.2, 0.25) is 0 Å². The molecule has 1 aromatic carbocycles. The minimum absolute atomic E-state index is 0.0339. The van der Waals surface area contributed by atoms with Crippen molar-refractivity contribution in [2.24, 2.45) is 0 Å². The standard InChI is InChI=1S/C13H19BrN2O/c1-4-5-9(2)16(3)13(17)10-6-7-12(15)11(14)8-10/h6-9H,4-5,15H2,1-3H3. The van der Waals surface area contributed by atoms with E-state index >= 15 is 0 Å². The average Bonchev–Trinajstić information content (AvgIpc) is 2.31. The lowest BCUT2D eigenvalue weighted by atomic mass is 10.1. The van der Waals surface area contributed by atoms with E-state index in [1.807, 2.05) is 7.05 Å². The van der Waals surface area contributed by atoms with Gasteiger partial charge in [-0.15, -0.1) is 0 Å². The number of halogens is 1. The van der Waals surface area contributed by atoms with Crippen molar-refractivity contribution >= 4 is 27.5 Å². The van der Waals surface area contributed by atoms with Gasteiger partial charge in [0, 0.05) is 28.8 Å². The molecule has 0 saturated heterocycles. The number of nitrogen functional groups attached to an aromatic ring is 1. The highest BCUT2D eigenvalue weighted by Crippen LogP contribution is 2.21. The average molecular weight is 299 g/mol. The van der Waals surface area contributed by atoms with E-state index in [1.54, 1.807) is 23.1 Å². The molecule has 0 spiro atoms. The Labute approximate surface area is 111 Å². The van der Waals surface area contributed by atoms with Crippen LogP contribution in [0.5, 0.6) is 0 Å². The SMILES string of the molecule is CCCC(C)N(C)C(=O)c1ccc(N)c(Br)c1. The van der Waals surface area contributed by atoms with E-state index in [2.05, 4.69) is 29.8 Å². The first kappa shape index (κ1) is 14.0. The maximum Gasteiger partial charge on any atom is 0.253 e. The van der Waals surface area contributed by atoms with Crippen LogP contribution in [0.1, 0.15) is 37.0 Å². The van der Waals surface area contributed by atoms with Crippen LogP contribution in [-0.4, -0.2) is 23.9 Å². The number of amides is 1. The van der Waals surface area contributed by atoms with Crippen molar-refractivity contribution in [2.75, 3.05) is 12.8 Å². The quantitative estimate of drug-likeness (QED) is 0.867. The highest BCUT2D eigenvalue weighted by Gasteiger charge is 2.17. The van der Waals surface area contributed by atoms with Crippen LogP contribution in [0.25, 0.3) is 0 Å². The van der Waals surface area contributed by atoms with Crippen LogP contribution >= 0.6 is 15.9 Å². The molecule has 0 aliphatic rings. The molecular formula is C13H19BrN2O. The number of benzene rings is 1. The molecule has 0 radical (unpaired) electrons. The van der Waals surface area contributed by atoms with Crippen molar-refractivity contribution in [3.63, 3.8) is 0 Å². The maximum atomic E-state index is 12.2. The maximum absolute atomic E-state index is 12.2. The predicted molar refractivity (Wildman–Crippen MR) is 75.0 cm³/mol. The first-order chi connectivity index (χ1) is 7.97. The molecule has 1 aromatic rings. The zero-order chi connectivity index (χ0) is 13.0. The number of hydrogen-bond donors (Lipinski definition) is 1. The molecule has 3 nitrogen and oxygen atoms in total. The summed E-state index contributed by atoms with van der Waals surface area (Å²) in [5, 5.41) is 0. The number of nitrogens with two attached hydrogens (primary N) is 1. The lowest BCUT2D eigenvalue weighted by Gasteiger charge is -2.24. The monoisotopic (exact) mass is 298 g/mol. The van der Waals surface area contributed by atoms with E-state index in [9.17, 15) is 4.79 Å². The van der Waals surface area contributed by atoms with Crippen molar-refractivity contribution in [3.8, 4) is 0 Å². The molecule has 0 aliphatic heterocycles. The Morgan fingerprint density at radius 1 is 1.53 bits per heavy atom. The van der Waals surface area contributed by atoms with E-state index in [-0.39, 0.29) is 11.9 Å². The van der Waals surface area contributed by atoms with Gasteiger partial charge in [0.25, 0.3) is 5.91 Å². The van der Waals surface area contributed by atoms with Gasteiger partial charge in [-0.1, -0.05) is 13.3 Å². The highest BCUT2D eigenvalue weighted by molar-refractivity contribution is 9.10. The van der Waals surface area contributed by atoms with Gasteiger partial charge in [0.1, 0.15) is 0 Å². The third-order valence-electron chi connectivity index (χ3n) is 2.94. The Kier molecular flexibility index (Phi) is 5.00. The Bertz CT molecular complexity index is 406. The van der Waals surface area contributed by atoms with Crippen LogP contribution in [0.4, 0.5) is 5.69 Å². The third-order valence-corrected chi connectivity index (χ3v) is 3.62. The van der Waals surface area contributed by atoms with Gasteiger partial charge in [-0.3, -0.25) is 4.79 Å². The van der Waals surface area contributed by atoms with Gasteiger partial charge in [-0.2, -0.15) is 0 Å². The van der Waals surface area contributed by atoms with Crippen molar-refractivity contribution in [1.29, 1.82) is 0 Å². The van der Waals surface area contributed by atoms with Crippen LogP contribution < -0.4 is 5.73 Å². The lowest BCUT2D eigenvalue weighted by molar-refractivity contribution is 0.0736. The molecule has 1 amide bonds. The molecule has 2 N–H and O–H groups in total. The number of rotatable bonds is 4. The summed E-state index contributed by atoms with van der Waals surface area (Å²) in [6, 6.07) is 5.53. The number of carbonyl (C=O) groups excluding carboxylic acids is 1. The Morgan fingerprint density at radius 3 is 2.71 bits per heavy atom. The van der Waals surface area contributed by atoms with Crippen molar-refractivity contribution in [2.45, 2.75) is 32.7 Å². The molecule has 1 atom stereocenters. The first-order valence-electron chi connectivity index (χ1n) is 5.79. The summed E-state index contributed by atoms with van der Waals surface area (Å²) >= 11 is 3.34. The second-order valence-electron chi connectivity index (χ2n) is 4.29. The fraction of sp³-hybridized carbons (Fsp3) is 0.462. The highest BCUT2D eigenvalue weighted by atomic mass is 79.9. The molecule has 0 aromatic heterocycles. The van der Waals surface area contributed by atoms with Gasteiger partial charge in [-0.25, -0.2) is 0 Å². The van der Waals surface area contributed by atoms with Crippen molar-refractivity contribution < 1.29 is 4.79 Å². The van der Waals surface area contributed by atoms with Gasteiger partial charge < -0.3 is 10.6 Å². The van der Waals surface area contributed by atoms with Crippen LogP contribution in [-0.2, 0) is 0 Å². The second kappa shape index (κ2) is 6.05. The van der Waals surface area contributed by atoms with E-state index in [0.717, 1.165) is 17.3 Å². The summed E-state index contributed by atoms with van der Waals surface area (Å²) in [6.45, 7) is 4.18. The summed E-state index contributed by atoms with van der Waals surface area (Å²) in [7, 11) is 1.84. The topological polar surface area (TPSA) is 46.3 Å². The predicted octanol–water partition coefficient (Wildman–Crippen LogP) is 3.29. The summed E-state index contributed by atoms with van der Waals surface area (Å²) in [6.07, 6.45) is 2.09. The Hall–Kier alpha value is -1.03. The van der Waals surface area contributed by atoms with Crippen LogP contribution in [0.2, 0.25) is 0 Å². The number of nitrogens with zero attached hydrogens (tertiary/aromatic N) is 1. The lowest BCUT2D eigenvalue weighted by Crippen LogP contribution is -2.34. The molecule has 94 valence electrons. The van der Waals surface area contributed by atoms with Crippen molar-refractivity contribution in [3.05, 3.63) is 28.2 Å². The summed E-state index contributed by atoms with van der Waals surface area (Å²) < 4.78 is 0.764. The summed E-state index contributed by atoms with van der Waals surface area (Å²) in [5.41, 5.74) is 7.01. The summed E-state index contributed by atoms with van der Waals surface area (Å²) in [4.78, 5) is 14.0. The minimum atomic E-state index is 0.0339. The third kappa shape index (κ3) is 3.46. The number of carbonyl (C=O) groups is 1. The second-order valence-corrected chi connectivity index (χ2v) is 5.14. The Balaban J connectivity index is 2.85. The first-order valence-corrected chi connectivity index (χ1v) is 6.58. The molecule has 1 rings (SSSR count). The Morgan fingerprint density at radius 2 is 2.18 bits per heavy atom. The van der Waals surface area contributed by atoms with Crippen LogP contribution in [0.3, 0.4) is 0 Å². The van der Waals surface area contributed by atoms with E-state index in [1.165, 1.54) is 0 Å². The summed E-state index contributed by atoms with van der Waals surface area (Å²) in [5.74, 6) is 0.0339. The van der Waals surface area contributed by atoms with Gasteiger partial charge >= 0.3 is 0 Å². The molecule has 0 heterocycles. The molecule has 0 bridgehead atoms. The van der Waals surface area contributed by atoms with Crippen LogP contribution in [0.15, 0.2) is 22.7 Å².